The van der Waals surface area contributed by atoms with Gasteiger partial charge in [0, 0.05) is 23.8 Å². The Morgan fingerprint density at radius 2 is 2.06 bits per heavy atom. The number of fused-ring (bicyclic) bond motifs is 2. The van der Waals surface area contributed by atoms with Crippen molar-refractivity contribution in [3.63, 3.8) is 0 Å². The van der Waals surface area contributed by atoms with Crippen LogP contribution in [0.3, 0.4) is 0 Å². The average Bonchev–Trinajstić information content (AvgIpc) is 2.90. The summed E-state index contributed by atoms with van der Waals surface area (Å²) >= 11 is 0. The summed E-state index contributed by atoms with van der Waals surface area (Å²) in [6, 6.07) is 14.1. The van der Waals surface area contributed by atoms with Gasteiger partial charge in [0.15, 0.2) is 0 Å². The van der Waals surface area contributed by atoms with Gasteiger partial charge in [0.2, 0.25) is 6.35 Å². The molecule has 1 atom stereocenters. The molecule has 3 aromatic rings. The van der Waals surface area contributed by atoms with Crippen molar-refractivity contribution in [1.82, 2.24) is 4.98 Å². The van der Waals surface area contributed by atoms with E-state index < -0.39 is 6.35 Å². The molecule has 6 heteroatoms. The van der Waals surface area contributed by atoms with E-state index in [1.165, 1.54) is 5.56 Å². The first kappa shape index (κ1) is 24.9. The topological polar surface area (TPSA) is 78.0 Å². The molecule has 0 saturated heterocycles. The van der Waals surface area contributed by atoms with Crippen LogP contribution in [0.1, 0.15) is 31.4 Å². The maximum atomic E-state index is 11.7. The molecule has 0 bridgehead atoms. The largest absolute Gasteiger partial charge is 0.383 e. The van der Waals surface area contributed by atoms with Gasteiger partial charge in [-0.25, -0.2) is 9.99 Å². The number of benzene rings is 2. The standard InChI is InChI=1S/C30H33N5O/c1-5-9-22(10-6-2)24-13-15-28-25(19-24)11-8-18-34(28)30(36)35(33-21(4)7-3)26-14-12-23-16-17-32-29(31)27(23)20-26/h5-7,9-10,12-17,19-20,30,36H,1,3,8,11,18H2,2,4H3,(H2,31,32)/b10-6-,22-9+,33-21-. The van der Waals surface area contributed by atoms with Gasteiger partial charge in [0.25, 0.3) is 0 Å². The van der Waals surface area contributed by atoms with Crippen molar-refractivity contribution in [2.45, 2.75) is 33.0 Å². The number of nitrogens with zero attached hydrogens (tertiary/aromatic N) is 4. The average molecular weight is 480 g/mol. The summed E-state index contributed by atoms with van der Waals surface area (Å²) in [6.45, 7) is 12.2. The van der Waals surface area contributed by atoms with E-state index in [4.69, 9.17) is 10.8 Å². The lowest BCUT2D eigenvalue weighted by Gasteiger charge is -2.39. The van der Waals surface area contributed by atoms with Gasteiger partial charge in [-0.05, 0) is 85.2 Å². The third-order valence-corrected chi connectivity index (χ3v) is 6.31. The Labute approximate surface area is 213 Å². The van der Waals surface area contributed by atoms with Gasteiger partial charge in [-0.15, -0.1) is 0 Å². The summed E-state index contributed by atoms with van der Waals surface area (Å²) in [5.41, 5.74) is 12.0. The lowest BCUT2D eigenvalue weighted by molar-refractivity contribution is 0.161. The summed E-state index contributed by atoms with van der Waals surface area (Å²) in [4.78, 5) is 6.21. The maximum absolute atomic E-state index is 11.7. The Kier molecular flexibility index (Phi) is 7.66. The molecule has 0 aliphatic carbocycles. The minimum Gasteiger partial charge on any atom is -0.383 e. The Hall–Kier alpha value is -4.16. The fourth-order valence-corrected chi connectivity index (χ4v) is 4.51. The van der Waals surface area contributed by atoms with Gasteiger partial charge < -0.3 is 15.7 Å². The third-order valence-electron chi connectivity index (χ3n) is 6.31. The summed E-state index contributed by atoms with van der Waals surface area (Å²) in [7, 11) is 0. The predicted octanol–water partition coefficient (Wildman–Crippen LogP) is 6.06. The molecule has 0 radical (unpaired) electrons. The zero-order valence-corrected chi connectivity index (χ0v) is 20.9. The number of hydrazone groups is 1. The second kappa shape index (κ2) is 11.1. The van der Waals surface area contributed by atoms with E-state index >= 15 is 0 Å². The van der Waals surface area contributed by atoms with Crippen molar-refractivity contribution in [2.75, 3.05) is 22.2 Å². The molecule has 1 aliphatic rings. The number of rotatable bonds is 8. The third kappa shape index (κ3) is 5.09. The number of nitrogens with two attached hydrogens (primary N) is 1. The molecule has 4 rings (SSSR count). The van der Waals surface area contributed by atoms with Gasteiger partial charge in [-0.2, -0.15) is 5.10 Å². The maximum Gasteiger partial charge on any atom is 0.227 e. The number of aliphatic hydroxyl groups excluding tert-OH is 1. The van der Waals surface area contributed by atoms with Crippen LogP contribution in [0.2, 0.25) is 0 Å². The zero-order chi connectivity index (χ0) is 25.7. The van der Waals surface area contributed by atoms with Crippen molar-refractivity contribution >= 4 is 39.2 Å². The second-order valence-corrected chi connectivity index (χ2v) is 8.74. The summed E-state index contributed by atoms with van der Waals surface area (Å²) < 4.78 is 0. The van der Waals surface area contributed by atoms with E-state index in [1.54, 1.807) is 23.4 Å². The fraction of sp³-hybridized carbons (Fsp3) is 0.200. The Bertz CT molecular complexity index is 1370. The van der Waals surface area contributed by atoms with E-state index in [1.807, 2.05) is 55.2 Å². The number of aromatic nitrogens is 1. The molecule has 0 fully saturated rings. The number of aryl methyl sites for hydroxylation is 1. The van der Waals surface area contributed by atoms with Gasteiger partial charge in [-0.1, -0.05) is 49.6 Å². The van der Waals surface area contributed by atoms with Crippen LogP contribution < -0.4 is 15.6 Å². The van der Waals surface area contributed by atoms with Crippen molar-refractivity contribution in [3.8, 4) is 0 Å². The molecular formula is C30H33N5O. The molecule has 2 aromatic carbocycles. The minimum atomic E-state index is -1.03. The van der Waals surface area contributed by atoms with E-state index in [9.17, 15) is 5.11 Å². The number of pyridine rings is 1. The van der Waals surface area contributed by atoms with Gasteiger partial charge in [-0.3, -0.25) is 0 Å². The highest BCUT2D eigenvalue weighted by Gasteiger charge is 2.28. The van der Waals surface area contributed by atoms with Crippen molar-refractivity contribution in [3.05, 3.63) is 103 Å². The van der Waals surface area contributed by atoms with Crippen LogP contribution in [0.5, 0.6) is 0 Å². The Morgan fingerprint density at radius 1 is 1.22 bits per heavy atom. The van der Waals surface area contributed by atoms with Crippen LogP contribution in [0.4, 0.5) is 17.2 Å². The Morgan fingerprint density at radius 3 is 2.81 bits per heavy atom. The van der Waals surface area contributed by atoms with Gasteiger partial charge in [0.05, 0.1) is 11.4 Å². The SMILES string of the molecule is C=C/C=C(\C=C/C)c1ccc2c(c1)CCCN2C(O)N(/N=C(/C)C=C)c1ccc2ccnc(N)c2c1. The normalized spacial score (nSPS) is 15.1. The van der Waals surface area contributed by atoms with Crippen molar-refractivity contribution in [1.29, 1.82) is 0 Å². The quantitative estimate of drug-likeness (QED) is 0.178. The molecule has 3 N–H and O–H groups in total. The summed E-state index contributed by atoms with van der Waals surface area (Å²) in [5, 5.41) is 19.8. The van der Waals surface area contributed by atoms with Crippen LogP contribution in [0.25, 0.3) is 16.3 Å². The van der Waals surface area contributed by atoms with Crippen LogP contribution in [0, 0.1) is 0 Å². The molecule has 0 saturated carbocycles. The first-order valence-corrected chi connectivity index (χ1v) is 12.1. The number of aliphatic hydroxyl groups is 1. The highest BCUT2D eigenvalue weighted by atomic mass is 16.3. The van der Waals surface area contributed by atoms with E-state index in [0.717, 1.165) is 40.4 Å². The predicted molar refractivity (Wildman–Crippen MR) is 153 cm³/mol. The molecular weight excluding hydrogens is 446 g/mol. The number of nitrogen functional groups attached to an aromatic ring is 1. The molecule has 6 nitrogen and oxygen atoms in total. The first-order valence-electron chi connectivity index (χ1n) is 12.1. The first-order chi connectivity index (χ1) is 17.5. The number of hydrogen-bond donors (Lipinski definition) is 2. The molecule has 36 heavy (non-hydrogen) atoms. The summed E-state index contributed by atoms with van der Waals surface area (Å²) in [6.07, 6.45) is 12.1. The van der Waals surface area contributed by atoms with Crippen LogP contribution in [-0.4, -0.2) is 28.7 Å². The minimum absolute atomic E-state index is 0.438. The molecule has 1 unspecified atom stereocenters. The zero-order valence-electron chi connectivity index (χ0n) is 20.9. The number of allylic oxidation sites excluding steroid dienone is 6. The number of hydrogen-bond acceptors (Lipinski definition) is 6. The lowest BCUT2D eigenvalue weighted by Crippen LogP contribution is -2.49. The fourth-order valence-electron chi connectivity index (χ4n) is 4.51. The van der Waals surface area contributed by atoms with Crippen molar-refractivity contribution < 1.29 is 5.11 Å². The van der Waals surface area contributed by atoms with E-state index in [0.29, 0.717) is 23.8 Å². The monoisotopic (exact) mass is 479 g/mol. The van der Waals surface area contributed by atoms with Crippen molar-refractivity contribution in [2.24, 2.45) is 5.10 Å². The lowest BCUT2D eigenvalue weighted by atomic mass is 9.95. The number of anilines is 3. The van der Waals surface area contributed by atoms with E-state index in [-0.39, 0.29) is 0 Å². The van der Waals surface area contributed by atoms with Crippen LogP contribution >= 0.6 is 0 Å². The smallest absolute Gasteiger partial charge is 0.227 e. The second-order valence-electron chi connectivity index (χ2n) is 8.74. The molecule has 2 heterocycles. The molecule has 1 aromatic heterocycles. The highest BCUT2D eigenvalue weighted by molar-refractivity contribution is 5.95. The molecule has 0 spiro atoms. The van der Waals surface area contributed by atoms with Crippen LogP contribution in [-0.2, 0) is 6.42 Å². The molecule has 1 aliphatic heterocycles. The Balaban J connectivity index is 1.76. The summed E-state index contributed by atoms with van der Waals surface area (Å²) in [5.74, 6) is 0.438. The molecule has 0 amide bonds. The van der Waals surface area contributed by atoms with Crippen LogP contribution in [0.15, 0.2) is 97.3 Å². The van der Waals surface area contributed by atoms with Gasteiger partial charge in [0.1, 0.15) is 5.82 Å². The molecule has 184 valence electrons. The van der Waals surface area contributed by atoms with Gasteiger partial charge >= 0.3 is 0 Å². The highest BCUT2D eigenvalue weighted by Crippen LogP contribution is 2.34. The van der Waals surface area contributed by atoms with E-state index in [2.05, 4.69) is 42.4 Å².